The average Bonchev–Trinajstić information content (AvgIpc) is 4.03. The molecule has 59 heavy (non-hydrogen) atoms. The maximum atomic E-state index is 15.1. The lowest BCUT2D eigenvalue weighted by Crippen LogP contribution is -2.59. The molecule has 11 N–H and O–H groups in total. The molecule has 0 aliphatic carbocycles. The van der Waals surface area contributed by atoms with Crippen molar-refractivity contribution in [3.8, 4) is 0 Å². The fourth-order valence-electron chi connectivity index (χ4n) is 8.28. The van der Waals surface area contributed by atoms with Crippen LogP contribution < -0.4 is 38.1 Å². The third kappa shape index (κ3) is 12.5. The first-order valence-corrected chi connectivity index (χ1v) is 20.9. The molecule has 0 aromatic carbocycles. The van der Waals surface area contributed by atoms with E-state index in [0.717, 1.165) is 11.3 Å². The third-order valence-electron chi connectivity index (χ3n) is 11.5. The number of nitrogens with zero attached hydrogens (tertiary/aromatic N) is 3. The zero-order valence-electron chi connectivity index (χ0n) is 34.0. The summed E-state index contributed by atoms with van der Waals surface area (Å²) in [5.41, 5.74) is 11.2. The molecular weight excluding hydrogens is 775 g/mol. The summed E-state index contributed by atoms with van der Waals surface area (Å²) >= 11 is 0. The highest BCUT2D eigenvalue weighted by molar-refractivity contribution is 5.98. The Labute approximate surface area is 343 Å². The van der Waals surface area contributed by atoms with Crippen molar-refractivity contribution in [3.05, 3.63) is 0 Å². The van der Waals surface area contributed by atoms with Crippen LogP contribution in [0.2, 0.25) is 0 Å². The number of aliphatic hydroxyl groups excluding tert-OH is 1. The van der Waals surface area contributed by atoms with Crippen LogP contribution in [0.4, 0.5) is 4.39 Å². The number of amides is 7. The van der Waals surface area contributed by atoms with E-state index in [1.165, 1.54) is 23.6 Å². The SMILES string of the molecule is C[C@H](NC(=O)[C@@H]1CCCN1)C(=O)N1C[C@H](O)C[C@H]1C(=O)N[C@@H](CCCCN)C(=O)N1C[C@@H](F)C[C@H]1C(=O)N[C@@H](C)C(=O)N1CCC[C@H]1C(=O)N[C@@H](CCCCN)C(=O)O. The van der Waals surface area contributed by atoms with Gasteiger partial charge in [-0.25, -0.2) is 9.18 Å². The number of likely N-dealkylation sites (tertiary alicyclic amines) is 3. The second-order valence-corrected chi connectivity index (χ2v) is 16.1. The molecule has 4 rings (SSSR count). The number of hydrogen-bond acceptors (Lipinski definition) is 12. The molecule has 332 valence electrons. The molecule has 21 heteroatoms. The van der Waals surface area contributed by atoms with Gasteiger partial charge in [-0.3, -0.25) is 33.6 Å². The van der Waals surface area contributed by atoms with Crippen LogP contribution in [0.5, 0.6) is 0 Å². The van der Waals surface area contributed by atoms with E-state index in [0.29, 0.717) is 51.6 Å². The smallest absolute Gasteiger partial charge is 0.326 e. The molecule has 7 amide bonds. The molecular formula is C38H63FN10O10. The van der Waals surface area contributed by atoms with Gasteiger partial charge in [0.2, 0.25) is 41.4 Å². The number of halogens is 1. The van der Waals surface area contributed by atoms with Crippen LogP contribution in [-0.2, 0) is 38.4 Å². The minimum absolute atomic E-state index is 0.0662. The molecule has 4 fully saturated rings. The van der Waals surface area contributed by atoms with Gasteiger partial charge in [-0.15, -0.1) is 0 Å². The lowest BCUT2D eigenvalue weighted by Gasteiger charge is -2.32. The Morgan fingerprint density at radius 1 is 0.678 bits per heavy atom. The number of unbranched alkanes of at least 4 members (excludes halogenated alkanes) is 2. The van der Waals surface area contributed by atoms with Crippen LogP contribution in [0.3, 0.4) is 0 Å². The number of rotatable bonds is 20. The maximum absolute atomic E-state index is 15.1. The Balaban J connectivity index is 1.41. The standard InChI is InChI=1S/C38H63FN10O10/c1-21(35(55)47-16-8-12-28(47)32(52)46-27(38(58)59)10-4-6-14-41)44-33(53)29-17-23(39)19-48(29)37(57)26(9-3-5-13-40)45-34(54)30-18-24(50)20-49(30)36(56)22(2)43-31(51)25-11-7-15-42-25/h21-30,42,50H,3-20,40-41H2,1-2H3,(H,43,51)(H,44,53)(H,45,54)(H,46,52)(H,58,59)/t21-,22-,23-,24+,25-,26-,27-,28-,29-,30-/m0/s1. The second kappa shape index (κ2) is 22.2. The van der Waals surface area contributed by atoms with Crippen LogP contribution in [0, 0.1) is 0 Å². The average molecular weight is 839 g/mol. The quantitative estimate of drug-likeness (QED) is 0.0552. The monoisotopic (exact) mass is 838 g/mol. The molecule has 0 spiro atoms. The molecule has 0 unspecified atom stereocenters. The minimum Gasteiger partial charge on any atom is -0.480 e. The maximum Gasteiger partial charge on any atom is 0.326 e. The van der Waals surface area contributed by atoms with Crippen LogP contribution in [0.1, 0.15) is 90.9 Å². The summed E-state index contributed by atoms with van der Waals surface area (Å²) in [5.74, 6) is -5.75. The van der Waals surface area contributed by atoms with Crippen LogP contribution in [-0.4, -0.2) is 172 Å². The number of aliphatic hydroxyl groups is 1. The van der Waals surface area contributed by atoms with E-state index in [2.05, 4.69) is 26.6 Å². The number of β-amino-alcohol motifs (C(OH)–C–C–N with tert-alkyl or cyclic N) is 1. The molecule has 0 aromatic heterocycles. The molecule has 0 radical (unpaired) electrons. The zero-order chi connectivity index (χ0) is 43.4. The normalized spacial score (nSPS) is 26.2. The summed E-state index contributed by atoms with van der Waals surface area (Å²) in [6.07, 6.45) is 1.15. The van der Waals surface area contributed by atoms with Crippen molar-refractivity contribution in [2.75, 3.05) is 39.3 Å². The van der Waals surface area contributed by atoms with Gasteiger partial charge in [-0.05, 0) is 97.7 Å². The van der Waals surface area contributed by atoms with Crippen molar-refractivity contribution in [3.63, 3.8) is 0 Å². The van der Waals surface area contributed by atoms with Gasteiger partial charge in [0.15, 0.2) is 0 Å². The number of carboxylic acids is 1. The number of carbonyl (C=O) groups excluding carboxylic acids is 7. The third-order valence-corrected chi connectivity index (χ3v) is 11.5. The highest BCUT2D eigenvalue weighted by Gasteiger charge is 2.46. The number of carbonyl (C=O) groups is 8. The summed E-state index contributed by atoms with van der Waals surface area (Å²) in [4.78, 5) is 110. The van der Waals surface area contributed by atoms with E-state index in [-0.39, 0.29) is 57.6 Å². The Morgan fingerprint density at radius 2 is 1.22 bits per heavy atom. The Morgan fingerprint density at radius 3 is 1.83 bits per heavy atom. The summed E-state index contributed by atoms with van der Waals surface area (Å²) in [6, 6.07) is -8.60. The summed E-state index contributed by atoms with van der Waals surface area (Å²) < 4.78 is 15.1. The van der Waals surface area contributed by atoms with Gasteiger partial charge in [0.1, 0.15) is 48.5 Å². The van der Waals surface area contributed by atoms with E-state index in [9.17, 15) is 48.6 Å². The predicted octanol–water partition coefficient (Wildman–Crippen LogP) is -3.05. The van der Waals surface area contributed by atoms with Crippen LogP contribution >= 0.6 is 0 Å². The van der Waals surface area contributed by atoms with Crippen molar-refractivity contribution in [2.24, 2.45) is 11.5 Å². The zero-order valence-corrected chi connectivity index (χ0v) is 34.0. The van der Waals surface area contributed by atoms with E-state index >= 15 is 4.39 Å². The van der Waals surface area contributed by atoms with Gasteiger partial charge in [0, 0.05) is 25.9 Å². The number of hydrogen-bond donors (Lipinski definition) is 9. The van der Waals surface area contributed by atoms with Crippen molar-refractivity contribution in [2.45, 2.75) is 152 Å². The van der Waals surface area contributed by atoms with Crippen molar-refractivity contribution >= 4 is 47.3 Å². The van der Waals surface area contributed by atoms with E-state index in [1.54, 1.807) is 0 Å². The highest BCUT2D eigenvalue weighted by Crippen LogP contribution is 2.25. The fourth-order valence-corrected chi connectivity index (χ4v) is 8.28. The van der Waals surface area contributed by atoms with Crippen molar-refractivity contribution < 1.29 is 53.0 Å². The van der Waals surface area contributed by atoms with Gasteiger partial charge in [0.05, 0.1) is 18.7 Å². The number of nitrogens with two attached hydrogens (primary N) is 2. The van der Waals surface area contributed by atoms with Crippen molar-refractivity contribution in [1.82, 2.24) is 41.3 Å². The summed E-state index contributed by atoms with van der Waals surface area (Å²) in [5, 5.41) is 33.6. The predicted molar refractivity (Wildman–Crippen MR) is 209 cm³/mol. The summed E-state index contributed by atoms with van der Waals surface area (Å²) in [6.45, 7) is 3.75. The molecule has 4 saturated heterocycles. The lowest BCUT2D eigenvalue weighted by atomic mass is 10.1. The van der Waals surface area contributed by atoms with Gasteiger partial charge in [-0.2, -0.15) is 0 Å². The van der Waals surface area contributed by atoms with Gasteiger partial charge < -0.3 is 63.0 Å². The fraction of sp³-hybridized carbons (Fsp3) is 0.789. The van der Waals surface area contributed by atoms with Gasteiger partial charge >= 0.3 is 5.97 Å². The molecule has 20 nitrogen and oxygen atoms in total. The Bertz CT molecular complexity index is 1540. The van der Waals surface area contributed by atoms with E-state index in [4.69, 9.17) is 11.5 Å². The van der Waals surface area contributed by atoms with E-state index in [1.807, 2.05) is 0 Å². The number of aliphatic carboxylic acids is 1. The molecule has 0 bridgehead atoms. The Hall–Kier alpha value is -4.47. The van der Waals surface area contributed by atoms with E-state index < -0.39 is 109 Å². The highest BCUT2D eigenvalue weighted by atomic mass is 19.1. The second-order valence-electron chi connectivity index (χ2n) is 16.1. The number of alkyl halides is 1. The van der Waals surface area contributed by atoms with Crippen molar-refractivity contribution in [1.29, 1.82) is 0 Å². The molecule has 4 aliphatic heterocycles. The minimum atomic E-state index is -1.60. The number of nitrogens with one attached hydrogen (secondary N) is 5. The first kappa shape index (κ1) is 47.2. The first-order valence-electron chi connectivity index (χ1n) is 20.9. The first-order chi connectivity index (χ1) is 28.1. The van der Waals surface area contributed by atoms with Gasteiger partial charge in [-0.1, -0.05) is 0 Å². The number of carboxylic acid groups (broad SMARTS) is 1. The molecule has 0 saturated carbocycles. The molecule has 10 atom stereocenters. The van der Waals surface area contributed by atoms with Crippen LogP contribution in [0.15, 0.2) is 0 Å². The lowest BCUT2D eigenvalue weighted by molar-refractivity contribution is -0.146. The molecule has 4 heterocycles. The van der Waals surface area contributed by atoms with Crippen LogP contribution in [0.25, 0.3) is 0 Å². The summed E-state index contributed by atoms with van der Waals surface area (Å²) in [7, 11) is 0. The Kier molecular flexibility index (Phi) is 17.8. The topological polar surface area (TPSA) is 299 Å². The molecule has 4 aliphatic rings. The van der Waals surface area contributed by atoms with Gasteiger partial charge in [0.25, 0.3) is 0 Å². The molecule has 0 aromatic rings. The largest absolute Gasteiger partial charge is 0.480 e.